The molecule has 0 saturated heterocycles. The molecule has 0 atom stereocenters. The van der Waals surface area contributed by atoms with Gasteiger partial charge in [-0.05, 0) is 60.9 Å². The molecule has 6 heteroatoms. The molecule has 0 aliphatic rings. The molecule has 0 aliphatic carbocycles. The maximum absolute atomic E-state index is 12.0. The third-order valence-electron chi connectivity index (χ3n) is 4.34. The van der Waals surface area contributed by atoms with Gasteiger partial charge in [0.05, 0.1) is 6.21 Å². The van der Waals surface area contributed by atoms with E-state index in [9.17, 15) is 9.59 Å². The molecule has 2 N–H and O–H groups in total. The second kappa shape index (κ2) is 10.0. The Balaban J connectivity index is 1.48. The average molecular weight is 401 g/mol. The zero-order valence-electron chi connectivity index (χ0n) is 16.9. The highest BCUT2D eigenvalue weighted by Gasteiger charge is 2.13. The lowest BCUT2D eigenvalue weighted by molar-refractivity contribution is -0.136. The summed E-state index contributed by atoms with van der Waals surface area (Å²) < 4.78 is 5.73. The predicted octanol–water partition coefficient (Wildman–Crippen LogP) is 3.97. The molecule has 0 bridgehead atoms. The molecule has 3 aromatic rings. The molecule has 6 nitrogen and oxygen atoms in total. The SMILES string of the molecule is Cc1ccc(NC(=O)C(=O)NN=Cc2ccc(OCc3ccccc3)cc2)c(C)c1. The number of hydrazone groups is 1. The Bertz CT molecular complexity index is 1050. The largest absolute Gasteiger partial charge is 0.489 e. The molecule has 0 unspecified atom stereocenters. The third-order valence-corrected chi connectivity index (χ3v) is 4.34. The zero-order valence-corrected chi connectivity index (χ0v) is 16.9. The number of hydrogen-bond donors (Lipinski definition) is 2. The number of carbonyl (C=O) groups is 2. The van der Waals surface area contributed by atoms with Crippen molar-refractivity contribution in [2.45, 2.75) is 20.5 Å². The number of amides is 2. The summed E-state index contributed by atoms with van der Waals surface area (Å²) in [5.74, 6) is -0.884. The van der Waals surface area contributed by atoms with Crippen molar-refractivity contribution in [1.29, 1.82) is 0 Å². The van der Waals surface area contributed by atoms with Gasteiger partial charge in [0, 0.05) is 5.69 Å². The quantitative estimate of drug-likeness (QED) is 0.373. The normalized spacial score (nSPS) is 10.6. The summed E-state index contributed by atoms with van der Waals surface area (Å²) in [5, 5.41) is 6.42. The summed E-state index contributed by atoms with van der Waals surface area (Å²) >= 11 is 0. The maximum Gasteiger partial charge on any atom is 0.329 e. The second-order valence-corrected chi connectivity index (χ2v) is 6.81. The minimum atomic E-state index is -0.839. The first-order valence-electron chi connectivity index (χ1n) is 9.50. The molecule has 0 aromatic heterocycles. The van der Waals surface area contributed by atoms with Gasteiger partial charge < -0.3 is 10.1 Å². The number of carbonyl (C=O) groups excluding carboxylic acids is 2. The van der Waals surface area contributed by atoms with Gasteiger partial charge in [-0.25, -0.2) is 5.43 Å². The van der Waals surface area contributed by atoms with E-state index in [0.717, 1.165) is 28.0 Å². The number of nitrogens with one attached hydrogen (secondary N) is 2. The summed E-state index contributed by atoms with van der Waals surface area (Å²) in [7, 11) is 0. The Labute approximate surface area is 175 Å². The van der Waals surface area contributed by atoms with E-state index in [4.69, 9.17) is 4.74 Å². The van der Waals surface area contributed by atoms with Gasteiger partial charge >= 0.3 is 11.8 Å². The van der Waals surface area contributed by atoms with Crippen LogP contribution in [0.3, 0.4) is 0 Å². The average Bonchev–Trinajstić information content (AvgIpc) is 2.75. The van der Waals surface area contributed by atoms with Crippen LogP contribution in [0.1, 0.15) is 22.3 Å². The van der Waals surface area contributed by atoms with Crippen LogP contribution in [0.2, 0.25) is 0 Å². The van der Waals surface area contributed by atoms with Gasteiger partial charge in [0.25, 0.3) is 0 Å². The van der Waals surface area contributed by atoms with E-state index in [1.165, 1.54) is 6.21 Å². The van der Waals surface area contributed by atoms with Gasteiger partial charge in [-0.15, -0.1) is 0 Å². The van der Waals surface area contributed by atoms with E-state index in [1.807, 2.05) is 80.6 Å². The van der Waals surface area contributed by atoms with Crippen LogP contribution in [0.5, 0.6) is 5.75 Å². The van der Waals surface area contributed by atoms with Gasteiger partial charge in [-0.3, -0.25) is 9.59 Å². The van der Waals surface area contributed by atoms with Crippen LogP contribution in [-0.4, -0.2) is 18.0 Å². The highest BCUT2D eigenvalue weighted by atomic mass is 16.5. The van der Waals surface area contributed by atoms with Crippen LogP contribution in [0, 0.1) is 13.8 Å². The van der Waals surface area contributed by atoms with E-state index >= 15 is 0 Å². The predicted molar refractivity (Wildman–Crippen MR) is 117 cm³/mol. The van der Waals surface area contributed by atoms with Crippen molar-refractivity contribution in [3.8, 4) is 5.75 Å². The van der Waals surface area contributed by atoms with E-state index in [0.29, 0.717) is 12.3 Å². The van der Waals surface area contributed by atoms with Crippen molar-refractivity contribution in [2.75, 3.05) is 5.32 Å². The molecule has 0 fully saturated rings. The Hall–Kier alpha value is -3.93. The molecule has 0 aliphatic heterocycles. The first-order valence-corrected chi connectivity index (χ1v) is 9.50. The van der Waals surface area contributed by atoms with Crippen molar-refractivity contribution in [3.63, 3.8) is 0 Å². The minimum Gasteiger partial charge on any atom is -0.489 e. The van der Waals surface area contributed by atoms with Crippen LogP contribution in [0.25, 0.3) is 0 Å². The number of anilines is 1. The molecule has 30 heavy (non-hydrogen) atoms. The smallest absolute Gasteiger partial charge is 0.329 e. The number of ether oxygens (including phenoxy) is 1. The fourth-order valence-electron chi connectivity index (χ4n) is 2.74. The standard InChI is InChI=1S/C24H23N3O3/c1-17-8-13-22(18(2)14-17)26-23(28)24(29)27-25-15-19-9-11-21(12-10-19)30-16-20-6-4-3-5-7-20/h3-15H,16H2,1-2H3,(H,26,28)(H,27,29). The molecule has 3 rings (SSSR count). The summed E-state index contributed by atoms with van der Waals surface area (Å²) in [6, 6.07) is 22.7. The molecular weight excluding hydrogens is 378 g/mol. The summed E-state index contributed by atoms with van der Waals surface area (Å²) in [6.07, 6.45) is 1.46. The molecule has 0 saturated carbocycles. The summed E-state index contributed by atoms with van der Waals surface area (Å²) in [6.45, 7) is 4.31. The van der Waals surface area contributed by atoms with Crippen LogP contribution in [0.15, 0.2) is 77.9 Å². The Kier molecular flexibility index (Phi) is 6.95. The van der Waals surface area contributed by atoms with Crippen molar-refractivity contribution in [1.82, 2.24) is 5.43 Å². The van der Waals surface area contributed by atoms with E-state index in [-0.39, 0.29) is 0 Å². The topological polar surface area (TPSA) is 79.8 Å². The van der Waals surface area contributed by atoms with Crippen LogP contribution in [-0.2, 0) is 16.2 Å². The van der Waals surface area contributed by atoms with E-state index < -0.39 is 11.8 Å². The minimum absolute atomic E-state index is 0.486. The lowest BCUT2D eigenvalue weighted by Crippen LogP contribution is -2.32. The molecule has 2 amide bonds. The first kappa shape index (κ1) is 20.8. The van der Waals surface area contributed by atoms with Crippen LogP contribution < -0.4 is 15.5 Å². The van der Waals surface area contributed by atoms with E-state index in [2.05, 4.69) is 15.8 Å². The van der Waals surface area contributed by atoms with Gasteiger partial charge in [0.15, 0.2) is 0 Å². The Morgan fingerprint density at radius 2 is 1.67 bits per heavy atom. The van der Waals surface area contributed by atoms with Crippen molar-refractivity contribution >= 4 is 23.7 Å². The van der Waals surface area contributed by atoms with Crippen molar-refractivity contribution < 1.29 is 14.3 Å². The lowest BCUT2D eigenvalue weighted by Gasteiger charge is -2.08. The number of nitrogens with zero attached hydrogens (tertiary/aromatic N) is 1. The summed E-state index contributed by atoms with van der Waals surface area (Å²) in [5.41, 5.74) is 6.64. The first-order chi connectivity index (χ1) is 14.5. The lowest BCUT2D eigenvalue weighted by atomic mass is 10.1. The number of benzene rings is 3. The molecule has 0 spiro atoms. The van der Waals surface area contributed by atoms with E-state index in [1.54, 1.807) is 6.07 Å². The number of hydrogen-bond acceptors (Lipinski definition) is 4. The molecular formula is C24H23N3O3. The Morgan fingerprint density at radius 1 is 0.933 bits per heavy atom. The zero-order chi connectivity index (χ0) is 21.3. The summed E-state index contributed by atoms with van der Waals surface area (Å²) in [4.78, 5) is 23.9. The molecule has 0 radical (unpaired) electrons. The molecule has 3 aromatic carbocycles. The van der Waals surface area contributed by atoms with Gasteiger partial charge in [-0.2, -0.15) is 5.10 Å². The molecule has 152 valence electrons. The monoisotopic (exact) mass is 401 g/mol. The maximum atomic E-state index is 12.0. The van der Waals surface area contributed by atoms with Gasteiger partial charge in [0.2, 0.25) is 0 Å². The Morgan fingerprint density at radius 3 is 2.37 bits per heavy atom. The van der Waals surface area contributed by atoms with Crippen molar-refractivity contribution in [2.24, 2.45) is 5.10 Å². The fourth-order valence-corrected chi connectivity index (χ4v) is 2.74. The van der Waals surface area contributed by atoms with Gasteiger partial charge in [0.1, 0.15) is 12.4 Å². The number of rotatable bonds is 6. The fraction of sp³-hybridized carbons (Fsp3) is 0.125. The van der Waals surface area contributed by atoms with Crippen LogP contribution in [0.4, 0.5) is 5.69 Å². The third kappa shape index (κ3) is 6.04. The van der Waals surface area contributed by atoms with Crippen LogP contribution >= 0.6 is 0 Å². The molecule has 0 heterocycles. The highest BCUT2D eigenvalue weighted by molar-refractivity contribution is 6.39. The van der Waals surface area contributed by atoms with Gasteiger partial charge in [-0.1, -0.05) is 48.0 Å². The second-order valence-electron chi connectivity index (χ2n) is 6.81. The number of aryl methyl sites for hydroxylation is 2. The van der Waals surface area contributed by atoms with Crippen molar-refractivity contribution in [3.05, 3.63) is 95.1 Å². The highest BCUT2D eigenvalue weighted by Crippen LogP contribution is 2.16.